The highest BCUT2D eigenvalue weighted by Gasteiger charge is 2.11. The van der Waals surface area contributed by atoms with E-state index in [1.807, 2.05) is 0 Å². The topological polar surface area (TPSA) is 74.1 Å². The Hall–Kier alpha value is -2.24. The molecule has 0 saturated carbocycles. The standard InChI is InChI=1S/C11H11N3O3/c1-7(15)14-11-3-4-12-10(6-17-8(2)16)9(11)5-13-14/h3-5H,6H2,1-2H3. The van der Waals surface area contributed by atoms with E-state index in [1.54, 1.807) is 18.5 Å². The predicted octanol–water partition coefficient (Wildman–Crippen LogP) is 1.15. The molecule has 0 fully saturated rings. The predicted molar refractivity (Wildman–Crippen MR) is 59.3 cm³/mol. The second-order valence-electron chi connectivity index (χ2n) is 3.55. The van der Waals surface area contributed by atoms with E-state index < -0.39 is 0 Å². The van der Waals surface area contributed by atoms with Crippen LogP contribution in [0.5, 0.6) is 0 Å². The first-order chi connectivity index (χ1) is 8.09. The van der Waals surface area contributed by atoms with Gasteiger partial charge in [-0.2, -0.15) is 5.10 Å². The summed E-state index contributed by atoms with van der Waals surface area (Å²) in [5.74, 6) is -0.549. The summed E-state index contributed by atoms with van der Waals surface area (Å²) in [6, 6.07) is 1.70. The SMILES string of the molecule is CC(=O)OCc1nccc2c1cnn2C(C)=O. The minimum Gasteiger partial charge on any atom is -0.459 e. The van der Waals surface area contributed by atoms with Crippen LogP contribution in [0.1, 0.15) is 24.3 Å². The molecule has 2 rings (SSSR count). The van der Waals surface area contributed by atoms with E-state index in [-0.39, 0.29) is 18.5 Å². The molecule has 0 aromatic carbocycles. The van der Waals surface area contributed by atoms with Crippen molar-refractivity contribution in [2.75, 3.05) is 0 Å². The van der Waals surface area contributed by atoms with E-state index in [2.05, 4.69) is 10.1 Å². The van der Waals surface area contributed by atoms with Crippen LogP contribution in [-0.2, 0) is 16.1 Å². The fourth-order valence-electron chi connectivity index (χ4n) is 1.54. The largest absolute Gasteiger partial charge is 0.459 e. The van der Waals surface area contributed by atoms with E-state index in [1.165, 1.54) is 18.5 Å². The molecule has 0 atom stereocenters. The molecular formula is C11H11N3O3. The van der Waals surface area contributed by atoms with Crippen LogP contribution in [0.15, 0.2) is 18.5 Å². The molecule has 6 heteroatoms. The maximum Gasteiger partial charge on any atom is 0.303 e. The van der Waals surface area contributed by atoms with Gasteiger partial charge in [0.2, 0.25) is 5.91 Å². The average Bonchev–Trinajstić information content (AvgIpc) is 2.70. The fourth-order valence-corrected chi connectivity index (χ4v) is 1.54. The van der Waals surface area contributed by atoms with Crippen molar-refractivity contribution in [3.8, 4) is 0 Å². The second kappa shape index (κ2) is 4.32. The van der Waals surface area contributed by atoms with E-state index >= 15 is 0 Å². The summed E-state index contributed by atoms with van der Waals surface area (Å²) in [4.78, 5) is 26.1. The minimum absolute atomic E-state index is 0.0796. The number of ether oxygens (including phenoxy) is 1. The van der Waals surface area contributed by atoms with Gasteiger partial charge in [0.1, 0.15) is 6.61 Å². The number of pyridine rings is 1. The summed E-state index contributed by atoms with van der Waals surface area (Å²) < 4.78 is 6.17. The van der Waals surface area contributed by atoms with Crippen molar-refractivity contribution in [3.05, 3.63) is 24.2 Å². The van der Waals surface area contributed by atoms with Gasteiger partial charge in [-0.05, 0) is 6.07 Å². The Morgan fingerprint density at radius 3 is 2.82 bits per heavy atom. The minimum atomic E-state index is -0.372. The van der Waals surface area contributed by atoms with E-state index in [0.29, 0.717) is 16.6 Å². The van der Waals surface area contributed by atoms with Gasteiger partial charge in [0.05, 0.1) is 17.4 Å². The second-order valence-corrected chi connectivity index (χ2v) is 3.55. The third-order valence-electron chi connectivity index (χ3n) is 2.29. The van der Waals surface area contributed by atoms with Crippen LogP contribution in [-0.4, -0.2) is 26.6 Å². The number of carbonyl (C=O) groups excluding carboxylic acids is 2. The molecule has 88 valence electrons. The van der Waals surface area contributed by atoms with E-state index in [4.69, 9.17) is 4.74 Å². The molecule has 2 aromatic rings. The molecule has 2 aromatic heterocycles. The molecule has 2 heterocycles. The van der Waals surface area contributed by atoms with Gasteiger partial charge in [-0.1, -0.05) is 0 Å². The molecule has 0 spiro atoms. The van der Waals surface area contributed by atoms with Gasteiger partial charge in [-0.25, -0.2) is 4.68 Å². The Morgan fingerprint density at radius 2 is 2.18 bits per heavy atom. The van der Waals surface area contributed by atoms with Crippen LogP contribution < -0.4 is 0 Å². The highest BCUT2D eigenvalue weighted by molar-refractivity contribution is 5.90. The number of rotatable bonds is 2. The lowest BCUT2D eigenvalue weighted by atomic mass is 10.2. The van der Waals surface area contributed by atoms with Gasteiger partial charge in [-0.3, -0.25) is 14.6 Å². The fraction of sp³-hybridized carbons (Fsp3) is 0.273. The Labute approximate surface area is 97.2 Å². The Morgan fingerprint density at radius 1 is 1.41 bits per heavy atom. The lowest BCUT2D eigenvalue weighted by molar-refractivity contribution is -0.142. The molecule has 0 saturated heterocycles. The monoisotopic (exact) mass is 233 g/mol. The van der Waals surface area contributed by atoms with Crippen LogP contribution in [0.3, 0.4) is 0 Å². The summed E-state index contributed by atoms with van der Waals surface area (Å²) in [6.45, 7) is 2.84. The molecule has 0 N–H and O–H groups in total. The summed E-state index contributed by atoms with van der Waals surface area (Å²) in [5, 5.41) is 4.68. The van der Waals surface area contributed by atoms with Crippen LogP contribution in [0.4, 0.5) is 0 Å². The number of esters is 1. The maximum atomic E-state index is 11.3. The number of hydrogen-bond acceptors (Lipinski definition) is 5. The Kier molecular flexibility index (Phi) is 2.86. The molecule has 6 nitrogen and oxygen atoms in total. The smallest absolute Gasteiger partial charge is 0.303 e. The zero-order chi connectivity index (χ0) is 12.4. The maximum absolute atomic E-state index is 11.3. The van der Waals surface area contributed by atoms with Crippen molar-refractivity contribution in [2.24, 2.45) is 0 Å². The summed E-state index contributed by atoms with van der Waals surface area (Å²) >= 11 is 0. The van der Waals surface area contributed by atoms with Crippen molar-refractivity contribution in [1.82, 2.24) is 14.8 Å². The quantitative estimate of drug-likeness (QED) is 0.727. The van der Waals surface area contributed by atoms with Crippen LogP contribution in [0.2, 0.25) is 0 Å². The lowest BCUT2D eigenvalue weighted by Gasteiger charge is -2.03. The molecule has 17 heavy (non-hydrogen) atoms. The number of aromatic nitrogens is 3. The molecule has 0 aliphatic heterocycles. The van der Waals surface area contributed by atoms with Crippen LogP contribution >= 0.6 is 0 Å². The average molecular weight is 233 g/mol. The molecule has 0 unspecified atom stereocenters. The number of nitrogens with zero attached hydrogens (tertiary/aromatic N) is 3. The zero-order valence-electron chi connectivity index (χ0n) is 9.51. The third kappa shape index (κ3) is 2.15. The van der Waals surface area contributed by atoms with Gasteiger partial charge >= 0.3 is 5.97 Å². The molecule has 0 amide bonds. The molecule has 0 bridgehead atoms. The van der Waals surface area contributed by atoms with Crippen molar-refractivity contribution in [3.63, 3.8) is 0 Å². The first-order valence-corrected chi connectivity index (χ1v) is 5.05. The highest BCUT2D eigenvalue weighted by Crippen LogP contribution is 2.17. The first kappa shape index (κ1) is 11.3. The van der Waals surface area contributed by atoms with Crippen molar-refractivity contribution in [2.45, 2.75) is 20.5 Å². The molecule has 0 radical (unpaired) electrons. The van der Waals surface area contributed by atoms with Gasteiger partial charge in [0.15, 0.2) is 0 Å². The zero-order valence-corrected chi connectivity index (χ0v) is 9.51. The summed E-state index contributed by atoms with van der Waals surface area (Å²) in [5.41, 5.74) is 1.25. The highest BCUT2D eigenvalue weighted by atomic mass is 16.5. The van der Waals surface area contributed by atoms with E-state index in [9.17, 15) is 9.59 Å². The van der Waals surface area contributed by atoms with Gasteiger partial charge in [0, 0.05) is 25.4 Å². The van der Waals surface area contributed by atoms with Crippen LogP contribution in [0.25, 0.3) is 10.9 Å². The Bertz CT molecular complexity index is 589. The van der Waals surface area contributed by atoms with Crippen LogP contribution in [0, 0.1) is 0 Å². The van der Waals surface area contributed by atoms with Gasteiger partial charge in [-0.15, -0.1) is 0 Å². The normalized spacial score (nSPS) is 10.5. The van der Waals surface area contributed by atoms with Gasteiger partial charge < -0.3 is 4.74 Å². The first-order valence-electron chi connectivity index (χ1n) is 5.05. The van der Waals surface area contributed by atoms with Crippen molar-refractivity contribution in [1.29, 1.82) is 0 Å². The van der Waals surface area contributed by atoms with Crippen molar-refractivity contribution >= 4 is 22.8 Å². The molecule has 0 aliphatic rings. The number of carbonyl (C=O) groups is 2. The van der Waals surface area contributed by atoms with Gasteiger partial charge in [0.25, 0.3) is 0 Å². The summed E-state index contributed by atoms with van der Waals surface area (Å²) in [7, 11) is 0. The van der Waals surface area contributed by atoms with Crippen molar-refractivity contribution < 1.29 is 14.3 Å². The van der Waals surface area contributed by atoms with E-state index in [0.717, 1.165) is 0 Å². The summed E-state index contributed by atoms with van der Waals surface area (Å²) in [6.07, 6.45) is 3.10. The third-order valence-corrected chi connectivity index (χ3v) is 2.29. The molecule has 0 aliphatic carbocycles. The molecular weight excluding hydrogens is 222 g/mol. The number of fused-ring (bicyclic) bond motifs is 1. The Balaban J connectivity index is 2.44. The lowest BCUT2D eigenvalue weighted by Crippen LogP contribution is -2.07. The number of hydrogen-bond donors (Lipinski definition) is 0.